The maximum absolute atomic E-state index is 13.4. The fraction of sp³-hybridized carbons (Fsp3) is 0.515. The van der Waals surface area contributed by atoms with E-state index in [2.05, 4.69) is 22.6 Å². The van der Waals surface area contributed by atoms with Crippen LogP contribution in [0.4, 0.5) is 4.79 Å². The maximum Gasteiger partial charge on any atom is 0.320 e. The number of aromatic nitrogens is 1. The van der Waals surface area contributed by atoms with Gasteiger partial charge < -0.3 is 20.7 Å². The van der Waals surface area contributed by atoms with Crippen molar-refractivity contribution < 1.29 is 9.53 Å². The summed E-state index contributed by atoms with van der Waals surface area (Å²) >= 11 is 0. The Morgan fingerprint density at radius 3 is 2.42 bits per heavy atom. The molecule has 2 amide bonds. The van der Waals surface area contributed by atoms with Gasteiger partial charge in [0.1, 0.15) is 29.0 Å². The lowest BCUT2D eigenvalue weighted by molar-refractivity contribution is 0.171. The summed E-state index contributed by atoms with van der Waals surface area (Å²) in [7, 11) is 2.11. The first-order valence-electron chi connectivity index (χ1n) is 15.2. The zero-order valence-corrected chi connectivity index (χ0v) is 26.4. The second-order valence-corrected chi connectivity index (χ2v) is 13.0. The van der Waals surface area contributed by atoms with Crippen LogP contribution < -0.4 is 26.6 Å². The van der Waals surface area contributed by atoms with Crippen molar-refractivity contribution in [1.29, 1.82) is 10.8 Å². The smallest absolute Gasteiger partial charge is 0.320 e. The fourth-order valence-corrected chi connectivity index (χ4v) is 5.32. The summed E-state index contributed by atoms with van der Waals surface area (Å²) < 4.78 is 7.97. The number of ether oxygens (including phenoxy) is 1. The molecule has 0 unspecified atom stereocenters. The predicted octanol–water partition coefficient (Wildman–Crippen LogP) is 5.08. The van der Waals surface area contributed by atoms with Gasteiger partial charge in [-0.2, -0.15) is 0 Å². The summed E-state index contributed by atoms with van der Waals surface area (Å²) in [6.07, 6.45) is 6.55. The van der Waals surface area contributed by atoms with Crippen molar-refractivity contribution in [3.05, 3.63) is 71.0 Å². The number of allylic oxidation sites excluding steroid dienone is 1. The van der Waals surface area contributed by atoms with Gasteiger partial charge in [0.25, 0.3) is 0 Å². The number of benzene rings is 1. The standard InChI is InChI=1S/C33H48N8O2/c1-21(2)31(36)41-20-23(11-14-29(41)35)43-27-13-12-26(24-9-7-8-10-25(24)27)38-32(42)39-30(19-28(34)33(3,4)5)37-22-15-17-40(6)18-16-22/h7-11,14,19-22,26-27,35-36H,12-13,15-18,34H2,1-6H3,(H2,37,38,39,42)/b28-19-,35-29?,36-31?/t26-,27+/m0/s1. The third kappa shape index (κ3) is 8.34. The molecule has 2 aromatic rings. The quantitative estimate of drug-likeness (QED) is 0.237. The first-order chi connectivity index (χ1) is 20.3. The van der Waals surface area contributed by atoms with Gasteiger partial charge in [-0.3, -0.25) is 25.7 Å². The van der Waals surface area contributed by atoms with Gasteiger partial charge in [-0.05, 0) is 75.2 Å². The van der Waals surface area contributed by atoms with Crippen molar-refractivity contribution in [2.75, 3.05) is 20.1 Å². The van der Waals surface area contributed by atoms with Crippen LogP contribution in [0.1, 0.15) is 83.6 Å². The highest BCUT2D eigenvalue weighted by molar-refractivity contribution is 6.04. The second kappa shape index (κ2) is 13.6. The molecule has 1 aliphatic carbocycles. The molecule has 2 aliphatic rings. The molecule has 0 spiro atoms. The normalized spacial score (nSPS) is 20.4. The van der Waals surface area contributed by atoms with E-state index in [0.29, 0.717) is 36.0 Å². The van der Waals surface area contributed by atoms with Crippen LogP contribution in [0.5, 0.6) is 5.75 Å². The molecule has 1 fully saturated rings. The molecule has 10 nitrogen and oxygen atoms in total. The fourth-order valence-electron chi connectivity index (χ4n) is 5.32. The van der Waals surface area contributed by atoms with Gasteiger partial charge in [-0.1, -0.05) is 58.9 Å². The van der Waals surface area contributed by atoms with Gasteiger partial charge in [0.15, 0.2) is 0 Å². The number of carbonyl (C=O) groups is 1. The number of hydrogen-bond acceptors (Lipinski definition) is 7. The molecule has 1 aromatic carbocycles. The number of nitrogens with zero attached hydrogens (tertiary/aromatic N) is 3. The van der Waals surface area contributed by atoms with Gasteiger partial charge >= 0.3 is 6.03 Å². The number of nitrogens with two attached hydrogens (primary N) is 1. The van der Waals surface area contributed by atoms with E-state index >= 15 is 0 Å². The van der Waals surface area contributed by atoms with Crippen molar-refractivity contribution in [3.8, 4) is 5.75 Å². The van der Waals surface area contributed by atoms with Gasteiger partial charge in [-0.25, -0.2) is 4.79 Å². The zero-order valence-electron chi connectivity index (χ0n) is 26.4. The third-order valence-electron chi connectivity index (χ3n) is 8.16. The van der Waals surface area contributed by atoms with Gasteiger partial charge in [0.05, 0.1) is 18.3 Å². The Labute approximate surface area is 255 Å². The number of hydrogen-bond donors (Lipinski definition) is 5. The van der Waals surface area contributed by atoms with Gasteiger partial charge in [0, 0.05) is 17.0 Å². The SMILES string of the molecule is CC(C)C(=N)n1cc(O[C@@H]2CC[C@H](NC(=O)NC(/C=C(\N)C(C)(C)C)=NC3CCN(C)CC3)c3ccccc32)ccc1=N. The molecule has 4 rings (SSSR count). The first kappa shape index (κ1) is 32.0. The lowest BCUT2D eigenvalue weighted by Gasteiger charge is -2.32. The van der Waals surface area contributed by atoms with Crippen LogP contribution in [0.3, 0.4) is 0 Å². The van der Waals surface area contributed by atoms with Gasteiger partial charge in [-0.15, -0.1) is 0 Å². The minimum Gasteiger partial charge on any atom is -0.484 e. The molecule has 2 heterocycles. The minimum atomic E-state index is -0.317. The molecular weight excluding hydrogens is 540 g/mol. The number of pyridine rings is 1. The molecule has 232 valence electrons. The van der Waals surface area contributed by atoms with Crippen LogP contribution in [-0.4, -0.2) is 53.3 Å². The Morgan fingerprint density at radius 2 is 1.77 bits per heavy atom. The number of carbonyl (C=O) groups excluding carboxylic acids is 1. The van der Waals surface area contributed by atoms with Crippen LogP contribution >= 0.6 is 0 Å². The average Bonchev–Trinajstić information content (AvgIpc) is 2.95. The van der Waals surface area contributed by atoms with E-state index in [-0.39, 0.29) is 41.0 Å². The van der Waals surface area contributed by atoms with E-state index in [0.717, 1.165) is 37.1 Å². The Bertz CT molecular complexity index is 1430. The summed E-state index contributed by atoms with van der Waals surface area (Å²) in [5, 5.41) is 22.7. The molecule has 1 aromatic heterocycles. The average molecular weight is 589 g/mol. The Balaban J connectivity index is 1.50. The Kier molecular flexibility index (Phi) is 10.1. The molecule has 1 aliphatic heterocycles. The van der Waals surface area contributed by atoms with Crippen molar-refractivity contribution in [2.45, 2.75) is 78.5 Å². The molecular formula is C33H48N8O2. The van der Waals surface area contributed by atoms with E-state index in [9.17, 15) is 4.79 Å². The van der Waals surface area contributed by atoms with Crippen molar-refractivity contribution in [2.24, 2.45) is 22.1 Å². The van der Waals surface area contributed by atoms with E-state index in [1.807, 2.05) is 58.9 Å². The first-order valence-corrected chi connectivity index (χ1v) is 15.2. The molecule has 6 N–H and O–H groups in total. The number of urea groups is 1. The van der Waals surface area contributed by atoms with Crippen molar-refractivity contribution >= 4 is 17.7 Å². The molecule has 2 atom stereocenters. The highest BCUT2D eigenvalue weighted by Gasteiger charge is 2.30. The van der Waals surface area contributed by atoms with Crippen LogP contribution in [0.25, 0.3) is 0 Å². The largest absolute Gasteiger partial charge is 0.484 e. The number of nitrogens with one attached hydrogen (secondary N) is 4. The number of amidine groups is 1. The van der Waals surface area contributed by atoms with Crippen molar-refractivity contribution in [1.82, 2.24) is 20.1 Å². The molecule has 43 heavy (non-hydrogen) atoms. The summed E-state index contributed by atoms with van der Waals surface area (Å²) in [6, 6.07) is 11.1. The number of rotatable bonds is 6. The van der Waals surface area contributed by atoms with Crippen LogP contribution in [0.15, 0.2) is 59.4 Å². The number of amides is 2. The van der Waals surface area contributed by atoms with Crippen LogP contribution in [0.2, 0.25) is 0 Å². The lowest BCUT2D eigenvalue weighted by Crippen LogP contribution is -2.43. The number of likely N-dealkylation sites (tertiary alicyclic amines) is 1. The molecule has 0 bridgehead atoms. The highest BCUT2D eigenvalue weighted by atomic mass is 16.5. The topological polar surface area (TPSA) is 145 Å². The summed E-state index contributed by atoms with van der Waals surface area (Å²) in [5.74, 6) is 1.41. The highest BCUT2D eigenvalue weighted by Crippen LogP contribution is 2.38. The molecule has 10 heteroatoms. The van der Waals surface area contributed by atoms with Crippen LogP contribution in [0, 0.1) is 22.2 Å². The Hall–Kier alpha value is -3.92. The third-order valence-corrected chi connectivity index (χ3v) is 8.16. The monoisotopic (exact) mass is 588 g/mol. The van der Waals surface area contributed by atoms with Crippen molar-refractivity contribution in [3.63, 3.8) is 0 Å². The maximum atomic E-state index is 13.4. The summed E-state index contributed by atoms with van der Waals surface area (Å²) in [6.45, 7) is 11.9. The Morgan fingerprint density at radius 1 is 1.09 bits per heavy atom. The van der Waals surface area contributed by atoms with E-state index in [4.69, 9.17) is 26.3 Å². The predicted molar refractivity (Wildman–Crippen MR) is 171 cm³/mol. The van der Waals surface area contributed by atoms with E-state index < -0.39 is 0 Å². The summed E-state index contributed by atoms with van der Waals surface area (Å²) in [5.41, 5.74) is 9.06. The minimum absolute atomic E-state index is 0.0203. The van der Waals surface area contributed by atoms with Crippen LogP contribution in [-0.2, 0) is 0 Å². The van der Waals surface area contributed by atoms with E-state index in [1.54, 1.807) is 29.0 Å². The molecule has 0 saturated carbocycles. The van der Waals surface area contributed by atoms with E-state index in [1.165, 1.54) is 0 Å². The number of aliphatic imine (C=N–C) groups is 1. The number of fused-ring (bicyclic) bond motifs is 1. The summed E-state index contributed by atoms with van der Waals surface area (Å²) in [4.78, 5) is 20.6. The molecule has 1 saturated heterocycles. The van der Waals surface area contributed by atoms with Gasteiger partial charge in [0.2, 0.25) is 0 Å². The molecule has 0 radical (unpaired) electrons. The second-order valence-electron chi connectivity index (χ2n) is 13.0. The lowest BCUT2D eigenvalue weighted by atomic mass is 9.85. The zero-order chi connectivity index (χ0) is 31.3. The number of piperidine rings is 1.